The molecule has 0 radical (unpaired) electrons. The smallest absolute Gasteiger partial charge is 0.126 e. The van der Waals surface area contributed by atoms with Crippen molar-refractivity contribution in [1.82, 2.24) is 4.98 Å². The molecule has 1 fully saturated rings. The second-order valence-corrected chi connectivity index (χ2v) is 6.50. The molecule has 3 heteroatoms. The number of pyridine rings is 1. The largest absolute Gasteiger partial charge is 0.399 e. The van der Waals surface area contributed by atoms with Crippen molar-refractivity contribution < 1.29 is 0 Å². The third-order valence-corrected chi connectivity index (χ3v) is 4.62. The van der Waals surface area contributed by atoms with Gasteiger partial charge in [-0.05, 0) is 55.0 Å². The van der Waals surface area contributed by atoms with Crippen LogP contribution in [0, 0.1) is 11.8 Å². The van der Waals surface area contributed by atoms with E-state index in [1.807, 2.05) is 24.3 Å². The Balaban J connectivity index is 1.56. The van der Waals surface area contributed by atoms with Gasteiger partial charge in [0.05, 0.1) is 5.52 Å². The van der Waals surface area contributed by atoms with Crippen LogP contribution < -0.4 is 11.1 Å². The summed E-state index contributed by atoms with van der Waals surface area (Å²) in [6.45, 7) is 3.40. The summed E-state index contributed by atoms with van der Waals surface area (Å²) in [6.07, 6.45) is 6.87. The van der Waals surface area contributed by atoms with E-state index in [1.165, 1.54) is 32.1 Å². The molecule has 3 nitrogen and oxygen atoms in total. The van der Waals surface area contributed by atoms with Gasteiger partial charge in [-0.15, -0.1) is 0 Å². The first-order valence-electron chi connectivity index (χ1n) is 8.11. The highest BCUT2D eigenvalue weighted by Gasteiger charge is 2.18. The third-order valence-electron chi connectivity index (χ3n) is 4.62. The Morgan fingerprint density at radius 3 is 3.00 bits per heavy atom. The average molecular weight is 283 g/mol. The summed E-state index contributed by atoms with van der Waals surface area (Å²) in [6, 6.07) is 9.99. The quantitative estimate of drug-likeness (QED) is 0.815. The lowest BCUT2D eigenvalue weighted by atomic mass is 9.81. The van der Waals surface area contributed by atoms with Crippen molar-refractivity contribution in [3.05, 3.63) is 30.3 Å². The minimum Gasteiger partial charge on any atom is -0.399 e. The van der Waals surface area contributed by atoms with E-state index in [0.29, 0.717) is 0 Å². The normalized spacial score (nSPS) is 22.3. The zero-order valence-electron chi connectivity index (χ0n) is 12.8. The van der Waals surface area contributed by atoms with E-state index in [1.54, 1.807) is 0 Å². The molecule has 3 N–H and O–H groups in total. The SMILES string of the molecule is CC1CCCC(CCNc2ccc3cc(N)ccc3n2)C1. The number of aromatic nitrogens is 1. The Bertz CT molecular complexity index is 608. The monoisotopic (exact) mass is 283 g/mol. The fourth-order valence-electron chi connectivity index (χ4n) is 3.47. The van der Waals surface area contributed by atoms with Crippen LogP contribution in [0.15, 0.2) is 30.3 Å². The number of nitrogen functional groups attached to an aromatic ring is 1. The molecule has 1 saturated carbocycles. The molecule has 0 spiro atoms. The van der Waals surface area contributed by atoms with E-state index in [0.717, 1.165) is 40.8 Å². The molecular formula is C18H25N3. The molecule has 112 valence electrons. The van der Waals surface area contributed by atoms with Crippen LogP contribution in [-0.2, 0) is 0 Å². The van der Waals surface area contributed by atoms with E-state index in [4.69, 9.17) is 5.73 Å². The molecule has 1 aliphatic carbocycles. The van der Waals surface area contributed by atoms with Crippen LogP contribution in [0.25, 0.3) is 10.9 Å². The van der Waals surface area contributed by atoms with Gasteiger partial charge in [-0.1, -0.05) is 26.2 Å². The zero-order valence-corrected chi connectivity index (χ0v) is 12.8. The minimum atomic E-state index is 0.788. The number of nitrogens with zero attached hydrogens (tertiary/aromatic N) is 1. The number of nitrogens with one attached hydrogen (secondary N) is 1. The van der Waals surface area contributed by atoms with Crippen molar-refractivity contribution in [2.24, 2.45) is 11.8 Å². The summed E-state index contributed by atoms with van der Waals surface area (Å²) in [4.78, 5) is 4.65. The molecule has 0 amide bonds. The summed E-state index contributed by atoms with van der Waals surface area (Å²) >= 11 is 0. The van der Waals surface area contributed by atoms with Crippen molar-refractivity contribution >= 4 is 22.4 Å². The summed E-state index contributed by atoms with van der Waals surface area (Å²) in [5.41, 5.74) is 7.58. The van der Waals surface area contributed by atoms with Crippen molar-refractivity contribution in [3.8, 4) is 0 Å². The van der Waals surface area contributed by atoms with Crippen LogP contribution >= 0.6 is 0 Å². The van der Waals surface area contributed by atoms with Gasteiger partial charge in [0.15, 0.2) is 0 Å². The van der Waals surface area contributed by atoms with Crippen LogP contribution in [0.5, 0.6) is 0 Å². The van der Waals surface area contributed by atoms with Gasteiger partial charge in [0, 0.05) is 17.6 Å². The van der Waals surface area contributed by atoms with E-state index in [-0.39, 0.29) is 0 Å². The molecular weight excluding hydrogens is 258 g/mol. The maximum Gasteiger partial charge on any atom is 0.126 e. The first kappa shape index (κ1) is 14.2. The van der Waals surface area contributed by atoms with Crippen molar-refractivity contribution in [2.75, 3.05) is 17.6 Å². The Morgan fingerprint density at radius 1 is 1.24 bits per heavy atom. The molecule has 1 heterocycles. The summed E-state index contributed by atoms with van der Waals surface area (Å²) in [7, 11) is 0. The Morgan fingerprint density at radius 2 is 2.14 bits per heavy atom. The first-order chi connectivity index (χ1) is 10.2. The maximum atomic E-state index is 5.79. The highest BCUT2D eigenvalue weighted by molar-refractivity contribution is 5.83. The predicted molar refractivity (Wildman–Crippen MR) is 90.4 cm³/mol. The zero-order chi connectivity index (χ0) is 14.7. The number of rotatable bonds is 4. The molecule has 1 aromatic carbocycles. The number of hydrogen-bond acceptors (Lipinski definition) is 3. The van der Waals surface area contributed by atoms with Gasteiger partial charge in [-0.2, -0.15) is 0 Å². The maximum absolute atomic E-state index is 5.79. The van der Waals surface area contributed by atoms with Crippen molar-refractivity contribution in [3.63, 3.8) is 0 Å². The average Bonchev–Trinajstić information content (AvgIpc) is 2.47. The van der Waals surface area contributed by atoms with Gasteiger partial charge in [0.25, 0.3) is 0 Å². The number of fused-ring (bicyclic) bond motifs is 1. The molecule has 0 bridgehead atoms. The van der Waals surface area contributed by atoms with Crippen LogP contribution in [0.4, 0.5) is 11.5 Å². The Kier molecular flexibility index (Phi) is 4.28. The van der Waals surface area contributed by atoms with E-state index < -0.39 is 0 Å². The lowest BCUT2D eigenvalue weighted by Gasteiger charge is -2.26. The molecule has 2 aromatic rings. The second kappa shape index (κ2) is 6.33. The number of hydrogen-bond donors (Lipinski definition) is 2. The highest BCUT2D eigenvalue weighted by atomic mass is 15.0. The van der Waals surface area contributed by atoms with Gasteiger partial charge in [-0.3, -0.25) is 0 Å². The Hall–Kier alpha value is -1.77. The molecule has 0 aliphatic heterocycles. The van der Waals surface area contributed by atoms with Gasteiger partial charge < -0.3 is 11.1 Å². The van der Waals surface area contributed by atoms with Crippen LogP contribution in [0.1, 0.15) is 39.0 Å². The number of anilines is 2. The van der Waals surface area contributed by atoms with E-state index >= 15 is 0 Å². The molecule has 1 aliphatic rings. The number of benzene rings is 1. The molecule has 0 saturated heterocycles. The van der Waals surface area contributed by atoms with E-state index in [2.05, 4.69) is 23.3 Å². The van der Waals surface area contributed by atoms with Crippen molar-refractivity contribution in [2.45, 2.75) is 39.0 Å². The van der Waals surface area contributed by atoms with E-state index in [9.17, 15) is 0 Å². The van der Waals surface area contributed by atoms with Crippen molar-refractivity contribution in [1.29, 1.82) is 0 Å². The van der Waals surface area contributed by atoms with Crippen LogP contribution in [-0.4, -0.2) is 11.5 Å². The Labute approximate surface area is 127 Å². The molecule has 2 unspecified atom stereocenters. The highest BCUT2D eigenvalue weighted by Crippen LogP contribution is 2.30. The van der Waals surface area contributed by atoms with Gasteiger partial charge in [0.2, 0.25) is 0 Å². The van der Waals surface area contributed by atoms with Crippen LogP contribution in [0.2, 0.25) is 0 Å². The topological polar surface area (TPSA) is 50.9 Å². The minimum absolute atomic E-state index is 0.788. The fraction of sp³-hybridized carbons (Fsp3) is 0.500. The molecule has 2 atom stereocenters. The van der Waals surface area contributed by atoms with Gasteiger partial charge in [-0.25, -0.2) is 4.98 Å². The summed E-state index contributed by atoms with van der Waals surface area (Å²) in [5, 5.41) is 4.57. The summed E-state index contributed by atoms with van der Waals surface area (Å²) in [5.74, 6) is 2.77. The van der Waals surface area contributed by atoms with Gasteiger partial charge in [0.1, 0.15) is 5.82 Å². The fourth-order valence-corrected chi connectivity index (χ4v) is 3.47. The molecule has 1 aromatic heterocycles. The molecule has 3 rings (SSSR count). The van der Waals surface area contributed by atoms with Gasteiger partial charge >= 0.3 is 0 Å². The first-order valence-corrected chi connectivity index (χ1v) is 8.11. The standard InChI is InChI=1S/C18H25N3/c1-13-3-2-4-14(11-13)9-10-20-18-8-5-15-12-16(19)6-7-17(15)21-18/h5-8,12-14H,2-4,9-11,19H2,1H3,(H,20,21). The lowest BCUT2D eigenvalue weighted by molar-refractivity contribution is 0.274. The third kappa shape index (κ3) is 3.66. The molecule has 21 heavy (non-hydrogen) atoms. The summed E-state index contributed by atoms with van der Waals surface area (Å²) < 4.78 is 0. The number of nitrogens with two attached hydrogens (primary N) is 1. The van der Waals surface area contributed by atoms with Crippen LogP contribution in [0.3, 0.4) is 0 Å². The second-order valence-electron chi connectivity index (χ2n) is 6.50. The lowest BCUT2D eigenvalue weighted by Crippen LogP contribution is -2.16. The predicted octanol–water partition coefficient (Wildman–Crippen LogP) is 4.45.